The van der Waals surface area contributed by atoms with Gasteiger partial charge in [0.05, 0.1) is 5.69 Å². The topological polar surface area (TPSA) is 81.8 Å². The molecule has 1 aromatic carbocycles. The van der Waals surface area contributed by atoms with E-state index in [1.165, 1.54) is 16.8 Å². The van der Waals surface area contributed by atoms with Gasteiger partial charge in [0.15, 0.2) is 23.3 Å². The summed E-state index contributed by atoms with van der Waals surface area (Å²) in [4.78, 5) is 24.0. The van der Waals surface area contributed by atoms with Crippen molar-refractivity contribution in [1.29, 1.82) is 0 Å². The number of nitrogens with zero attached hydrogens (tertiary/aromatic N) is 4. The van der Waals surface area contributed by atoms with Gasteiger partial charge in [-0.1, -0.05) is 0 Å². The highest BCUT2D eigenvalue weighted by Crippen LogP contribution is 2.17. The van der Waals surface area contributed by atoms with Gasteiger partial charge in [0.25, 0.3) is 5.56 Å². The number of nitrogens with one attached hydrogen (secondary N) is 1. The number of hydrogen-bond acceptors (Lipinski definition) is 4. The zero-order valence-corrected chi connectivity index (χ0v) is 14.3. The molecule has 0 aliphatic heterocycles. The van der Waals surface area contributed by atoms with Gasteiger partial charge in [-0.05, 0) is 26.0 Å². The Bertz CT molecular complexity index is 1070. The fraction of sp³-hybridized carbons (Fsp3) is 0.176. The molecule has 140 valence electrons. The molecule has 2 heterocycles. The Morgan fingerprint density at radius 3 is 2.33 bits per heavy atom. The third-order valence-corrected chi connectivity index (χ3v) is 3.64. The maximum atomic E-state index is 13.2. The smallest absolute Gasteiger partial charge is 0.267 e. The summed E-state index contributed by atoms with van der Waals surface area (Å²) in [7, 11) is 0. The number of aryl methyl sites for hydroxylation is 2. The Morgan fingerprint density at radius 1 is 1.07 bits per heavy atom. The van der Waals surface area contributed by atoms with E-state index >= 15 is 0 Å². The second kappa shape index (κ2) is 7.06. The summed E-state index contributed by atoms with van der Waals surface area (Å²) in [6.45, 7) is 3.10. The van der Waals surface area contributed by atoms with Gasteiger partial charge in [-0.3, -0.25) is 9.59 Å². The van der Waals surface area contributed by atoms with Crippen molar-refractivity contribution in [2.75, 3.05) is 5.32 Å². The van der Waals surface area contributed by atoms with E-state index in [0.29, 0.717) is 18.0 Å². The van der Waals surface area contributed by atoms with Crippen LogP contribution in [0.3, 0.4) is 0 Å². The number of hydrogen-bond donors (Lipinski definition) is 1. The largest absolute Gasteiger partial charge is 0.324 e. The minimum Gasteiger partial charge on any atom is -0.324 e. The first-order valence-corrected chi connectivity index (χ1v) is 7.81. The van der Waals surface area contributed by atoms with Crippen molar-refractivity contribution in [2.45, 2.75) is 20.4 Å². The molecule has 1 amide bonds. The molecule has 0 atom stereocenters. The highest BCUT2D eigenvalue weighted by atomic mass is 19.2. The summed E-state index contributed by atoms with van der Waals surface area (Å²) in [6, 6.07) is 5.78. The van der Waals surface area contributed by atoms with Crippen LogP contribution in [0.2, 0.25) is 0 Å². The maximum Gasteiger partial charge on any atom is 0.267 e. The lowest BCUT2D eigenvalue weighted by Crippen LogP contribution is -2.30. The molecule has 27 heavy (non-hydrogen) atoms. The summed E-state index contributed by atoms with van der Waals surface area (Å²) in [5, 5.41) is 10.5. The number of carbonyl (C=O) groups is 1. The highest BCUT2D eigenvalue weighted by Gasteiger charge is 2.14. The van der Waals surface area contributed by atoms with Gasteiger partial charge >= 0.3 is 0 Å². The lowest BCUT2D eigenvalue weighted by atomic mass is 10.3. The molecule has 7 nitrogen and oxygen atoms in total. The van der Waals surface area contributed by atoms with Gasteiger partial charge in [0.2, 0.25) is 5.91 Å². The van der Waals surface area contributed by atoms with Crippen LogP contribution in [0.5, 0.6) is 0 Å². The Labute approximate surface area is 151 Å². The van der Waals surface area contributed by atoms with Gasteiger partial charge in [-0.2, -0.15) is 5.10 Å². The van der Waals surface area contributed by atoms with Gasteiger partial charge in [0.1, 0.15) is 6.54 Å². The van der Waals surface area contributed by atoms with Crippen LogP contribution in [0, 0.1) is 31.3 Å². The molecule has 0 unspecified atom stereocenters. The molecule has 0 spiro atoms. The third kappa shape index (κ3) is 3.89. The molecule has 0 saturated heterocycles. The van der Waals surface area contributed by atoms with Crippen LogP contribution in [0.1, 0.15) is 11.4 Å². The fourth-order valence-electron chi connectivity index (χ4n) is 2.49. The molecule has 3 rings (SSSR count). The highest BCUT2D eigenvalue weighted by molar-refractivity contribution is 5.90. The molecular weight excluding hydrogens is 363 g/mol. The van der Waals surface area contributed by atoms with Crippen molar-refractivity contribution in [1.82, 2.24) is 19.6 Å². The summed E-state index contributed by atoms with van der Waals surface area (Å²) in [5.41, 5.74) is 0.711. The van der Waals surface area contributed by atoms with Crippen molar-refractivity contribution in [3.05, 3.63) is 69.5 Å². The van der Waals surface area contributed by atoms with Gasteiger partial charge in [-0.15, -0.1) is 5.10 Å². The fourth-order valence-corrected chi connectivity index (χ4v) is 2.49. The molecule has 10 heteroatoms. The number of halogens is 3. The first-order valence-electron chi connectivity index (χ1n) is 7.81. The van der Waals surface area contributed by atoms with E-state index < -0.39 is 35.5 Å². The molecule has 1 N–H and O–H groups in total. The molecule has 0 fully saturated rings. The lowest BCUT2D eigenvalue weighted by molar-refractivity contribution is -0.117. The molecule has 3 aromatic rings. The first kappa shape index (κ1) is 18.4. The Balaban J connectivity index is 1.83. The van der Waals surface area contributed by atoms with Crippen molar-refractivity contribution in [2.24, 2.45) is 0 Å². The van der Waals surface area contributed by atoms with E-state index in [0.717, 1.165) is 16.1 Å². The zero-order chi connectivity index (χ0) is 19.7. The predicted molar refractivity (Wildman–Crippen MR) is 90.0 cm³/mol. The van der Waals surface area contributed by atoms with Crippen LogP contribution < -0.4 is 10.9 Å². The van der Waals surface area contributed by atoms with Crippen LogP contribution in [0.25, 0.3) is 5.82 Å². The molecule has 0 bridgehead atoms. The number of rotatable bonds is 4. The lowest BCUT2D eigenvalue weighted by Gasteiger charge is -2.09. The number of anilines is 1. The van der Waals surface area contributed by atoms with Crippen molar-refractivity contribution in [3.8, 4) is 5.82 Å². The van der Waals surface area contributed by atoms with Crippen LogP contribution in [-0.4, -0.2) is 25.5 Å². The average Bonchev–Trinajstić information content (AvgIpc) is 2.93. The predicted octanol–water partition coefficient (Wildman–Crippen LogP) is 2.10. The van der Waals surface area contributed by atoms with Gasteiger partial charge in [-0.25, -0.2) is 22.5 Å². The standard InChI is InChI=1S/C17H14F3N5O2/c1-9-5-10(2)25(22-9)14-3-4-16(27)24(23-14)8-15(26)21-11-6-12(18)17(20)13(19)7-11/h3-7H,8H2,1-2H3,(H,21,26). The molecule has 0 aliphatic rings. The Morgan fingerprint density at radius 2 is 1.74 bits per heavy atom. The molecular formula is C17H14F3N5O2. The minimum absolute atomic E-state index is 0.279. The second-order valence-electron chi connectivity index (χ2n) is 5.83. The summed E-state index contributed by atoms with van der Waals surface area (Å²) in [6.07, 6.45) is 0. The molecule has 2 aromatic heterocycles. The van der Waals surface area contributed by atoms with Crippen molar-refractivity contribution >= 4 is 11.6 Å². The van der Waals surface area contributed by atoms with E-state index in [2.05, 4.69) is 15.5 Å². The summed E-state index contributed by atoms with van der Waals surface area (Å²) in [5.74, 6) is -4.95. The van der Waals surface area contributed by atoms with Crippen LogP contribution in [0.15, 0.2) is 35.1 Å². The van der Waals surface area contributed by atoms with Crippen LogP contribution in [-0.2, 0) is 11.3 Å². The normalized spacial score (nSPS) is 10.9. The Hall–Kier alpha value is -3.43. The number of carbonyl (C=O) groups excluding carboxylic acids is 1. The molecule has 0 radical (unpaired) electrons. The Kier molecular flexibility index (Phi) is 4.80. The SMILES string of the molecule is Cc1cc(C)n(-c2ccc(=O)n(CC(=O)Nc3cc(F)c(F)c(F)c3)n2)n1. The number of benzene rings is 1. The average molecular weight is 377 g/mol. The maximum absolute atomic E-state index is 13.2. The minimum atomic E-state index is -1.64. The quantitative estimate of drug-likeness (QED) is 0.706. The van der Waals surface area contributed by atoms with E-state index in [1.807, 2.05) is 13.0 Å². The van der Waals surface area contributed by atoms with Crippen LogP contribution in [0.4, 0.5) is 18.9 Å². The van der Waals surface area contributed by atoms with E-state index in [9.17, 15) is 22.8 Å². The van der Waals surface area contributed by atoms with E-state index in [-0.39, 0.29) is 5.69 Å². The zero-order valence-electron chi connectivity index (χ0n) is 14.3. The second-order valence-corrected chi connectivity index (χ2v) is 5.83. The number of amides is 1. The van der Waals surface area contributed by atoms with Gasteiger partial charge < -0.3 is 5.32 Å². The summed E-state index contributed by atoms with van der Waals surface area (Å²) >= 11 is 0. The molecule has 0 aliphatic carbocycles. The monoisotopic (exact) mass is 377 g/mol. The van der Waals surface area contributed by atoms with Gasteiger partial charge in [0, 0.05) is 29.6 Å². The number of aromatic nitrogens is 4. The van der Waals surface area contributed by atoms with Crippen molar-refractivity contribution < 1.29 is 18.0 Å². The van der Waals surface area contributed by atoms with Crippen LogP contribution >= 0.6 is 0 Å². The van der Waals surface area contributed by atoms with E-state index in [1.54, 1.807) is 6.92 Å². The van der Waals surface area contributed by atoms with E-state index in [4.69, 9.17) is 0 Å². The third-order valence-electron chi connectivity index (χ3n) is 3.64. The summed E-state index contributed by atoms with van der Waals surface area (Å²) < 4.78 is 41.8. The van der Waals surface area contributed by atoms with Crippen molar-refractivity contribution in [3.63, 3.8) is 0 Å². The molecule has 0 saturated carbocycles. The first-order chi connectivity index (χ1) is 12.7.